The summed E-state index contributed by atoms with van der Waals surface area (Å²) in [7, 11) is 0. The summed E-state index contributed by atoms with van der Waals surface area (Å²) < 4.78 is 40.4. The third-order valence-corrected chi connectivity index (χ3v) is 5.62. The lowest BCUT2D eigenvalue weighted by atomic mass is 10.0. The van der Waals surface area contributed by atoms with Crippen LogP contribution in [-0.4, -0.2) is 62.4 Å². The normalized spacial score (nSPS) is 19.2. The lowest BCUT2D eigenvalue weighted by molar-refractivity contribution is -0.119. The molecule has 190 valence electrons. The molecule has 2 atom stereocenters. The molecular weight excluding hydrogens is 478 g/mol. The summed E-state index contributed by atoms with van der Waals surface area (Å²) in [5.74, 6) is -1.91. The molecule has 2 aromatic rings. The molecule has 2 heterocycles. The molecule has 5 N–H and O–H groups in total. The van der Waals surface area contributed by atoms with Gasteiger partial charge in [0.2, 0.25) is 5.91 Å². The first kappa shape index (κ1) is 24.7. The predicted octanol–water partition coefficient (Wildman–Crippen LogP) is 1.69. The van der Waals surface area contributed by atoms with Crippen molar-refractivity contribution in [1.29, 1.82) is 0 Å². The topological polar surface area (TPSA) is 153 Å². The zero-order chi connectivity index (χ0) is 26.0. The number of ether oxygens (including phenoxy) is 2. The molecule has 0 aromatic heterocycles. The van der Waals surface area contributed by atoms with Gasteiger partial charge in [0.25, 0.3) is 0 Å². The van der Waals surface area contributed by atoms with Crippen LogP contribution in [0.1, 0.15) is 6.92 Å². The first-order chi connectivity index (χ1) is 17.1. The van der Waals surface area contributed by atoms with Crippen LogP contribution in [0.15, 0.2) is 41.4 Å². The maximum absolute atomic E-state index is 15.0. The van der Waals surface area contributed by atoms with E-state index in [-0.39, 0.29) is 60.5 Å². The minimum atomic E-state index is -0.754. The minimum Gasteiger partial charge on any atom is -0.442 e. The van der Waals surface area contributed by atoms with Gasteiger partial charge in [-0.2, -0.15) is 0 Å². The van der Waals surface area contributed by atoms with Crippen LogP contribution in [0.4, 0.5) is 29.7 Å². The van der Waals surface area contributed by atoms with E-state index in [1.165, 1.54) is 41.0 Å². The Kier molecular flexibility index (Phi) is 6.90. The van der Waals surface area contributed by atoms with Gasteiger partial charge in [-0.05, 0) is 36.4 Å². The fraction of sp³-hybridized carbons (Fsp3) is 0.304. The molecule has 0 bridgehead atoms. The third-order valence-electron chi connectivity index (χ3n) is 5.62. The number of hydrogen-bond acceptors (Lipinski definition) is 6. The van der Waals surface area contributed by atoms with Crippen LogP contribution in [0.2, 0.25) is 0 Å². The number of nitrogens with two attached hydrogens (primary N) is 2. The molecule has 0 unspecified atom stereocenters. The molecule has 0 saturated carbocycles. The second kappa shape index (κ2) is 10.1. The molecule has 11 nitrogen and oxygen atoms in total. The van der Waals surface area contributed by atoms with Crippen molar-refractivity contribution in [2.45, 2.75) is 19.1 Å². The third kappa shape index (κ3) is 5.29. The standard InChI is InChI=1S/C23H24F2N6O5/c1-12(32)28-8-15-10-30(22(33)35-15)13-2-4-17(19(24)6-13)18-5-3-14(7-20(18)25)31-11-16(36-23(31)34)9-29-21(26)27/h2-7,15-16H,8-11H2,1H3,(H,28,32)(H4,26,27,29)/t15-,16+/m1/s1. The number of rotatable bonds is 7. The van der Waals surface area contributed by atoms with Crippen molar-refractivity contribution < 1.29 is 32.6 Å². The number of carbonyl (C=O) groups excluding carboxylic acids is 3. The van der Waals surface area contributed by atoms with E-state index in [0.29, 0.717) is 0 Å². The van der Waals surface area contributed by atoms with E-state index in [1.54, 1.807) is 0 Å². The molecule has 3 amide bonds. The molecule has 2 fully saturated rings. The second-order valence-corrected chi connectivity index (χ2v) is 8.26. The van der Waals surface area contributed by atoms with E-state index in [9.17, 15) is 23.2 Å². The Balaban J connectivity index is 1.49. The van der Waals surface area contributed by atoms with Gasteiger partial charge in [0.15, 0.2) is 5.96 Å². The van der Waals surface area contributed by atoms with Gasteiger partial charge in [0.05, 0.1) is 37.6 Å². The first-order valence-corrected chi connectivity index (χ1v) is 11.0. The number of benzene rings is 2. The van der Waals surface area contributed by atoms with Gasteiger partial charge in [-0.1, -0.05) is 0 Å². The van der Waals surface area contributed by atoms with Crippen molar-refractivity contribution in [3.63, 3.8) is 0 Å². The van der Waals surface area contributed by atoms with Crippen LogP contribution in [0.25, 0.3) is 11.1 Å². The Morgan fingerprint density at radius 1 is 0.972 bits per heavy atom. The molecule has 2 aromatic carbocycles. The number of carbonyl (C=O) groups is 3. The molecule has 0 radical (unpaired) electrons. The van der Waals surface area contributed by atoms with E-state index in [1.807, 2.05) is 0 Å². The summed E-state index contributed by atoms with van der Waals surface area (Å²) in [6.07, 6.45) is -2.53. The van der Waals surface area contributed by atoms with Crippen molar-refractivity contribution in [2.24, 2.45) is 16.5 Å². The van der Waals surface area contributed by atoms with Crippen LogP contribution >= 0.6 is 0 Å². The monoisotopic (exact) mass is 502 g/mol. The number of nitrogens with one attached hydrogen (secondary N) is 1. The zero-order valence-electron chi connectivity index (χ0n) is 19.2. The maximum Gasteiger partial charge on any atom is 0.414 e. The van der Waals surface area contributed by atoms with E-state index < -0.39 is 36.0 Å². The summed E-state index contributed by atoms with van der Waals surface area (Å²) >= 11 is 0. The molecule has 2 saturated heterocycles. The van der Waals surface area contributed by atoms with E-state index in [2.05, 4.69) is 10.3 Å². The van der Waals surface area contributed by atoms with Crippen LogP contribution in [0.5, 0.6) is 0 Å². The summed E-state index contributed by atoms with van der Waals surface area (Å²) in [6.45, 7) is 1.79. The largest absolute Gasteiger partial charge is 0.442 e. The van der Waals surface area contributed by atoms with Crippen LogP contribution in [0, 0.1) is 11.6 Å². The Morgan fingerprint density at radius 3 is 1.94 bits per heavy atom. The highest BCUT2D eigenvalue weighted by Crippen LogP contribution is 2.33. The van der Waals surface area contributed by atoms with Crippen LogP contribution in [-0.2, 0) is 14.3 Å². The van der Waals surface area contributed by atoms with Crippen molar-refractivity contribution in [3.05, 3.63) is 48.0 Å². The van der Waals surface area contributed by atoms with Crippen LogP contribution < -0.4 is 26.6 Å². The molecule has 2 aliphatic rings. The lowest BCUT2D eigenvalue weighted by Crippen LogP contribution is -2.33. The van der Waals surface area contributed by atoms with Gasteiger partial charge in [0.1, 0.15) is 23.8 Å². The molecule has 0 aliphatic carbocycles. The molecular formula is C23H24F2N6O5. The fourth-order valence-electron chi connectivity index (χ4n) is 3.91. The maximum atomic E-state index is 15.0. The number of cyclic esters (lactones) is 2. The molecule has 2 aliphatic heterocycles. The highest BCUT2D eigenvalue weighted by Gasteiger charge is 2.34. The Morgan fingerprint density at radius 2 is 1.47 bits per heavy atom. The predicted molar refractivity (Wildman–Crippen MR) is 126 cm³/mol. The molecule has 4 rings (SSSR count). The Labute approximate surface area is 204 Å². The van der Waals surface area contributed by atoms with Gasteiger partial charge in [0, 0.05) is 18.1 Å². The highest BCUT2D eigenvalue weighted by atomic mass is 19.1. The fourth-order valence-corrected chi connectivity index (χ4v) is 3.91. The number of aliphatic imine (C=N–C) groups is 1. The van der Waals surface area contributed by atoms with E-state index in [4.69, 9.17) is 20.9 Å². The van der Waals surface area contributed by atoms with Crippen molar-refractivity contribution >= 4 is 35.4 Å². The summed E-state index contributed by atoms with van der Waals surface area (Å²) in [6, 6.07) is 7.87. The van der Waals surface area contributed by atoms with Gasteiger partial charge < -0.3 is 26.3 Å². The van der Waals surface area contributed by atoms with Gasteiger partial charge >= 0.3 is 12.2 Å². The number of nitrogens with zero attached hydrogens (tertiary/aromatic N) is 3. The van der Waals surface area contributed by atoms with Gasteiger partial charge in [-0.15, -0.1) is 0 Å². The average molecular weight is 502 g/mol. The Bertz CT molecular complexity index is 1240. The Hall–Kier alpha value is -4.42. The number of amides is 3. The summed E-state index contributed by atoms with van der Waals surface area (Å²) in [5, 5.41) is 2.56. The lowest BCUT2D eigenvalue weighted by Gasteiger charge is -2.16. The minimum absolute atomic E-state index is 0.0278. The van der Waals surface area contributed by atoms with Crippen LogP contribution in [0.3, 0.4) is 0 Å². The van der Waals surface area contributed by atoms with Crippen molar-refractivity contribution in [1.82, 2.24) is 5.32 Å². The van der Waals surface area contributed by atoms with Gasteiger partial charge in [-0.25, -0.2) is 23.4 Å². The second-order valence-electron chi connectivity index (χ2n) is 8.26. The van der Waals surface area contributed by atoms with Crippen molar-refractivity contribution in [3.8, 4) is 11.1 Å². The quantitative estimate of drug-likeness (QED) is 0.385. The number of halogens is 2. The molecule has 36 heavy (non-hydrogen) atoms. The number of guanidine groups is 1. The highest BCUT2D eigenvalue weighted by molar-refractivity contribution is 5.91. The van der Waals surface area contributed by atoms with Crippen molar-refractivity contribution in [2.75, 3.05) is 36.0 Å². The first-order valence-electron chi connectivity index (χ1n) is 11.0. The van der Waals surface area contributed by atoms with E-state index in [0.717, 1.165) is 12.1 Å². The number of anilines is 2. The summed E-state index contributed by atoms with van der Waals surface area (Å²) in [4.78, 5) is 41.7. The van der Waals surface area contributed by atoms with Gasteiger partial charge in [-0.3, -0.25) is 14.6 Å². The smallest absolute Gasteiger partial charge is 0.414 e. The SMILES string of the molecule is CC(=O)NC[C@@H]1CN(c2ccc(-c3ccc(N4C[C@H](CN=C(N)N)OC4=O)cc3F)c(F)c2)C(=O)O1. The van der Waals surface area contributed by atoms with E-state index >= 15 is 0 Å². The zero-order valence-corrected chi connectivity index (χ0v) is 19.2. The number of hydrogen-bond donors (Lipinski definition) is 3. The summed E-state index contributed by atoms with van der Waals surface area (Å²) in [5.41, 5.74) is 11.0. The average Bonchev–Trinajstić information content (AvgIpc) is 3.38. The molecule has 0 spiro atoms. The molecule has 13 heteroatoms.